The SMILES string of the molecule is C=C[C](=[V+2])C(C)(C)C. The molecule has 0 saturated heterocycles. The Bertz CT molecular complexity index is 106. The fourth-order valence-electron chi connectivity index (χ4n) is 0.306. The molecule has 1 heteroatoms. The van der Waals surface area contributed by atoms with Crippen molar-refractivity contribution >= 4 is 4.23 Å². The third-order valence-corrected chi connectivity index (χ3v) is 2.29. The first kappa shape index (κ1) is 8.19. The molecule has 0 spiro atoms. The number of rotatable bonds is 1. The average Bonchev–Trinajstić information content (AvgIpc) is 1.62. The molecule has 8 heavy (non-hydrogen) atoms. The van der Waals surface area contributed by atoms with Gasteiger partial charge in [0.15, 0.2) is 0 Å². The van der Waals surface area contributed by atoms with Crippen molar-refractivity contribution in [2.24, 2.45) is 5.41 Å². The maximum absolute atomic E-state index is 3.67. The van der Waals surface area contributed by atoms with Crippen LogP contribution in [0.25, 0.3) is 0 Å². The molecule has 0 N–H and O–H groups in total. The molecule has 0 atom stereocenters. The summed E-state index contributed by atoms with van der Waals surface area (Å²) in [7, 11) is 0. The molecule has 0 aliphatic carbocycles. The second-order valence-electron chi connectivity index (χ2n) is 2.84. The summed E-state index contributed by atoms with van der Waals surface area (Å²) in [5.41, 5.74) is 0.280. The molecule has 0 saturated carbocycles. The van der Waals surface area contributed by atoms with E-state index in [9.17, 15) is 0 Å². The van der Waals surface area contributed by atoms with E-state index in [-0.39, 0.29) is 5.41 Å². The molecule has 0 fully saturated rings. The van der Waals surface area contributed by atoms with Crippen LogP contribution in [0.4, 0.5) is 0 Å². The third-order valence-electron chi connectivity index (χ3n) is 0.962. The fraction of sp³-hybridized carbons (Fsp3) is 0.571. The molecular weight excluding hydrogens is 135 g/mol. The average molecular weight is 147 g/mol. The van der Waals surface area contributed by atoms with Crippen LogP contribution in [0, 0.1) is 5.41 Å². The van der Waals surface area contributed by atoms with Gasteiger partial charge in [0.2, 0.25) is 0 Å². The Morgan fingerprint density at radius 3 is 1.88 bits per heavy atom. The van der Waals surface area contributed by atoms with Crippen LogP contribution < -0.4 is 0 Å². The Balaban J connectivity index is 4.02. The molecule has 0 aromatic carbocycles. The first-order valence-corrected chi connectivity index (χ1v) is 3.37. The van der Waals surface area contributed by atoms with Gasteiger partial charge in [0.25, 0.3) is 0 Å². The maximum atomic E-state index is 3.67. The minimum absolute atomic E-state index is 0.280. The Morgan fingerprint density at radius 2 is 1.88 bits per heavy atom. The van der Waals surface area contributed by atoms with Crippen LogP contribution >= 0.6 is 0 Å². The van der Waals surface area contributed by atoms with Crippen molar-refractivity contribution in [1.29, 1.82) is 0 Å². The van der Waals surface area contributed by atoms with E-state index in [1.54, 1.807) is 0 Å². The summed E-state index contributed by atoms with van der Waals surface area (Å²) in [5, 5.41) is 0. The van der Waals surface area contributed by atoms with Gasteiger partial charge in [-0.15, -0.1) is 0 Å². The molecular formula is C7H12V+2. The predicted octanol–water partition coefficient (Wildman–Crippen LogP) is 1.94. The van der Waals surface area contributed by atoms with Gasteiger partial charge in [0.05, 0.1) is 0 Å². The van der Waals surface area contributed by atoms with Gasteiger partial charge in [-0.05, 0) is 0 Å². The minimum atomic E-state index is 0.280. The van der Waals surface area contributed by atoms with E-state index in [0.29, 0.717) is 0 Å². The van der Waals surface area contributed by atoms with Gasteiger partial charge >= 0.3 is 60.0 Å². The molecule has 0 amide bonds. The first-order chi connectivity index (χ1) is 3.48. The summed E-state index contributed by atoms with van der Waals surface area (Å²) in [5.74, 6) is 0. The van der Waals surface area contributed by atoms with Crippen molar-refractivity contribution < 1.29 is 17.0 Å². The van der Waals surface area contributed by atoms with E-state index in [4.69, 9.17) is 0 Å². The summed E-state index contributed by atoms with van der Waals surface area (Å²) in [6.45, 7) is 10.2. The molecule has 0 unspecified atom stereocenters. The van der Waals surface area contributed by atoms with Gasteiger partial charge in [-0.25, -0.2) is 0 Å². The van der Waals surface area contributed by atoms with Crippen LogP contribution in [-0.2, 0) is 17.0 Å². The van der Waals surface area contributed by atoms with Crippen molar-refractivity contribution in [3.8, 4) is 0 Å². The topological polar surface area (TPSA) is 0 Å². The van der Waals surface area contributed by atoms with Crippen LogP contribution in [0.5, 0.6) is 0 Å². The molecule has 0 aliphatic rings. The summed E-state index contributed by atoms with van der Waals surface area (Å²) < 4.78 is 1.28. The second kappa shape index (κ2) is 2.66. The molecule has 0 nitrogen and oxygen atoms in total. The van der Waals surface area contributed by atoms with E-state index in [2.05, 4.69) is 44.3 Å². The predicted molar refractivity (Wildman–Crippen MR) is 34.7 cm³/mol. The molecule has 0 heterocycles. The van der Waals surface area contributed by atoms with E-state index < -0.39 is 0 Å². The zero-order valence-corrected chi connectivity index (χ0v) is 7.13. The van der Waals surface area contributed by atoms with Crippen LogP contribution in [0.15, 0.2) is 12.7 Å². The van der Waals surface area contributed by atoms with Crippen LogP contribution in [0.3, 0.4) is 0 Å². The summed E-state index contributed by atoms with van der Waals surface area (Å²) >= 11 is 2.53. The Kier molecular flexibility index (Phi) is 2.72. The summed E-state index contributed by atoms with van der Waals surface area (Å²) in [4.78, 5) is 0. The van der Waals surface area contributed by atoms with Crippen molar-refractivity contribution in [3.05, 3.63) is 12.7 Å². The van der Waals surface area contributed by atoms with Crippen molar-refractivity contribution in [2.45, 2.75) is 20.8 Å². The van der Waals surface area contributed by atoms with Gasteiger partial charge in [-0.1, -0.05) is 0 Å². The Hall–Kier alpha value is 0.194. The summed E-state index contributed by atoms with van der Waals surface area (Å²) in [6, 6.07) is 0. The van der Waals surface area contributed by atoms with E-state index in [1.165, 1.54) is 4.23 Å². The number of allylic oxidation sites excluding steroid dienone is 1. The fourth-order valence-corrected chi connectivity index (χ4v) is 0.306. The number of hydrogen-bond acceptors (Lipinski definition) is 0. The number of hydrogen-bond donors (Lipinski definition) is 0. The molecule has 0 bridgehead atoms. The summed E-state index contributed by atoms with van der Waals surface area (Å²) in [6.07, 6.45) is 1.89. The monoisotopic (exact) mass is 147 g/mol. The first-order valence-electron chi connectivity index (χ1n) is 2.67. The molecule has 0 aliphatic heterocycles. The second-order valence-corrected chi connectivity index (χ2v) is 3.59. The third kappa shape index (κ3) is 2.49. The Labute approximate surface area is 60.5 Å². The molecule has 43 valence electrons. The van der Waals surface area contributed by atoms with Crippen molar-refractivity contribution in [2.75, 3.05) is 0 Å². The van der Waals surface area contributed by atoms with E-state index in [1.807, 2.05) is 6.08 Å². The van der Waals surface area contributed by atoms with Crippen LogP contribution in [0.1, 0.15) is 20.8 Å². The molecule has 0 rings (SSSR count). The van der Waals surface area contributed by atoms with Gasteiger partial charge in [0.1, 0.15) is 0 Å². The quantitative estimate of drug-likeness (QED) is 0.531. The standard InChI is InChI=1S/C7H12.V/c1-5-6-7(2,3)4;/h5H,1H2,2-4H3;/q;+2. The van der Waals surface area contributed by atoms with Gasteiger partial charge in [-0.3, -0.25) is 0 Å². The zero-order valence-electron chi connectivity index (χ0n) is 5.73. The van der Waals surface area contributed by atoms with Gasteiger partial charge in [-0.2, -0.15) is 0 Å². The van der Waals surface area contributed by atoms with Gasteiger partial charge in [0, 0.05) is 0 Å². The zero-order chi connectivity index (χ0) is 6.78. The molecule has 0 aromatic rings. The Morgan fingerprint density at radius 1 is 1.50 bits per heavy atom. The van der Waals surface area contributed by atoms with E-state index >= 15 is 0 Å². The van der Waals surface area contributed by atoms with Crippen LogP contribution in [-0.4, -0.2) is 4.23 Å². The van der Waals surface area contributed by atoms with E-state index in [0.717, 1.165) is 0 Å². The normalized spacial score (nSPS) is 11.1. The van der Waals surface area contributed by atoms with Gasteiger partial charge < -0.3 is 0 Å². The molecule has 0 aromatic heterocycles. The van der Waals surface area contributed by atoms with Crippen LogP contribution in [0.2, 0.25) is 0 Å². The van der Waals surface area contributed by atoms with Crippen molar-refractivity contribution in [1.82, 2.24) is 0 Å². The molecule has 0 radical (unpaired) electrons. The van der Waals surface area contributed by atoms with Crippen molar-refractivity contribution in [3.63, 3.8) is 0 Å².